The maximum atomic E-state index is 12.0. The van der Waals surface area contributed by atoms with Gasteiger partial charge in [-0.1, -0.05) is 6.07 Å². The Morgan fingerprint density at radius 3 is 2.78 bits per heavy atom. The van der Waals surface area contributed by atoms with Gasteiger partial charge in [-0.05, 0) is 76.8 Å². The fourth-order valence-corrected chi connectivity index (χ4v) is 4.10. The van der Waals surface area contributed by atoms with E-state index in [0.717, 1.165) is 50.2 Å². The van der Waals surface area contributed by atoms with Crippen molar-refractivity contribution in [2.75, 3.05) is 25.6 Å². The summed E-state index contributed by atoms with van der Waals surface area (Å²) >= 11 is 0. The molecule has 1 aromatic heterocycles. The van der Waals surface area contributed by atoms with Crippen molar-refractivity contribution in [2.45, 2.75) is 83.5 Å². The summed E-state index contributed by atoms with van der Waals surface area (Å²) < 4.78 is 15.9. The number of anilines is 1. The standard InChI is InChI=1S/C24H37N3O5/c1-24(2,3)32-23(29)27-20(22(28)30-4)11-13-31-19-14-16(15-19)7-9-18-10-8-17-6-5-12-25-21(17)26-18/h8,10,16,19-20H,5-7,9,11-15H2,1-4H3,(H,25,26)(H,27,29). The predicted molar refractivity (Wildman–Crippen MR) is 122 cm³/mol. The molecule has 0 saturated heterocycles. The third-order valence-electron chi connectivity index (χ3n) is 5.89. The molecule has 0 spiro atoms. The second kappa shape index (κ2) is 11.0. The molecule has 1 atom stereocenters. The van der Waals surface area contributed by atoms with Crippen molar-refractivity contribution in [3.63, 3.8) is 0 Å². The summed E-state index contributed by atoms with van der Waals surface area (Å²) in [7, 11) is 1.30. The molecule has 1 fully saturated rings. The van der Waals surface area contributed by atoms with Crippen LogP contribution in [0.2, 0.25) is 0 Å². The van der Waals surface area contributed by atoms with Crippen LogP contribution in [-0.4, -0.2) is 55.1 Å². The normalized spacial score (nSPS) is 20.9. The lowest BCUT2D eigenvalue weighted by Gasteiger charge is -2.35. The lowest BCUT2D eigenvalue weighted by atomic mass is 9.79. The van der Waals surface area contributed by atoms with Crippen molar-refractivity contribution < 1.29 is 23.8 Å². The van der Waals surface area contributed by atoms with Gasteiger partial charge in [0, 0.05) is 25.3 Å². The van der Waals surface area contributed by atoms with Gasteiger partial charge in [0.25, 0.3) is 0 Å². The van der Waals surface area contributed by atoms with Crippen LogP contribution >= 0.6 is 0 Å². The van der Waals surface area contributed by atoms with Crippen molar-refractivity contribution in [1.82, 2.24) is 10.3 Å². The molecule has 1 unspecified atom stereocenters. The number of esters is 1. The molecule has 3 rings (SSSR count). The number of aryl methyl sites for hydroxylation is 2. The number of nitrogens with zero attached hydrogens (tertiary/aromatic N) is 1. The topological polar surface area (TPSA) is 98.8 Å². The van der Waals surface area contributed by atoms with Crippen LogP contribution < -0.4 is 10.6 Å². The van der Waals surface area contributed by atoms with Crippen molar-refractivity contribution >= 4 is 17.9 Å². The number of amides is 1. The zero-order valence-corrected chi connectivity index (χ0v) is 19.7. The van der Waals surface area contributed by atoms with Crippen LogP contribution in [0, 0.1) is 5.92 Å². The van der Waals surface area contributed by atoms with E-state index in [-0.39, 0.29) is 6.10 Å². The molecule has 1 aliphatic heterocycles. The number of pyridine rings is 1. The zero-order chi connectivity index (χ0) is 23.1. The number of fused-ring (bicyclic) bond motifs is 1. The predicted octanol–water partition coefficient (Wildman–Crippen LogP) is 3.62. The fourth-order valence-electron chi connectivity index (χ4n) is 4.10. The summed E-state index contributed by atoms with van der Waals surface area (Å²) in [4.78, 5) is 28.7. The number of nitrogens with one attached hydrogen (secondary N) is 2. The minimum atomic E-state index is -0.783. The summed E-state index contributed by atoms with van der Waals surface area (Å²) in [5, 5.41) is 5.97. The average Bonchev–Trinajstić information content (AvgIpc) is 2.71. The highest BCUT2D eigenvalue weighted by molar-refractivity contribution is 5.81. The molecule has 2 heterocycles. The first-order valence-electron chi connectivity index (χ1n) is 11.6. The highest BCUT2D eigenvalue weighted by Gasteiger charge is 2.31. The maximum absolute atomic E-state index is 12.0. The van der Waals surface area contributed by atoms with Crippen molar-refractivity contribution in [3.05, 3.63) is 23.4 Å². The van der Waals surface area contributed by atoms with Gasteiger partial charge in [0.2, 0.25) is 0 Å². The van der Waals surface area contributed by atoms with Gasteiger partial charge in [0.05, 0.1) is 13.2 Å². The number of rotatable bonds is 9. The van der Waals surface area contributed by atoms with Crippen LogP contribution in [0.1, 0.15) is 64.1 Å². The molecule has 0 bridgehead atoms. The highest BCUT2D eigenvalue weighted by Crippen LogP contribution is 2.34. The number of alkyl carbamates (subject to hydrolysis) is 1. The number of hydrogen-bond donors (Lipinski definition) is 2. The van der Waals surface area contributed by atoms with Gasteiger partial charge >= 0.3 is 12.1 Å². The Labute approximate surface area is 190 Å². The monoisotopic (exact) mass is 447 g/mol. The Kier molecular flexibility index (Phi) is 8.34. The van der Waals surface area contributed by atoms with Crippen LogP contribution in [0.25, 0.3) is 0 Å². The third-order valence-corrected chi connectivity index (χ3v) is 5.89. The number of methoxy groups -OCH3 is 1. The van der Waals surface area contributed by atoms with Gasteiger partial charge in [-0.15, -0.1) is 0 Å². The Morgan fingerprint density at radius 1 is 1.28 bits per heavy atom. The number of hydrogen-bond acceptors (Lipinski definition) is 7. The number of aromatic nitrogens is 1. The van der Waals surface area contributed by atoms with Gasteiger partial charge in [0.15, 0.2) is 0 Å². The molecule has 2 N–H and O–H groups in total. The molecule has 1 amide bonds. The SMILES string of the molecule is COC(=O)C(CCOC1CC(CCc2ccc3c(n2)NCCC3)C1)NC(=O)OC(C)(C)C. The summed E-state index contributed by atoms with van der Waals surface area (Å²) in [6, 6.07) is 3.58. The molecule has 0 radical (unpaired) electrons. The summed E-state index contributed by atoms with van der Waals surface area (Å²) in [6.45, 7) is 6.71. The molecule has 0 aromatic carbocycles. The first-order chi connectivity index (χ1) is 15.2. The zero-order valence-electron chi connectivity index (χ0n) is 19.7. The lowest BCUT2D eigenvalue weighted by molar-refractivity contribution is -0.144. The van der Waals surface area contributed by atoms with E-state index < -0.39 is 23.7 Å². The molecule has 1 aliphatic carbocycles. The first kappa shape index (κ1) is 24.3. The smallest absolute Gasteiger partial charge is 0.408 e. The van der Waals surface area contributed by atoms with Crippen LogP contribution in [0.4, 0.5) is 10.6 Å². The lowest BCUT2D eigenvalue weighted by Crippen LogP contribution is -2.45. The number of ether oxygens (including phenoxy) is 3. The van der Waals surface area contributed by atoms with Crippen LogP contribution in [0.15, 0.2) is 12.1 Å². The molecular weight excluding hydrogens is 410 g/mol. The summed E-state index contributed by atoms with van der Waals surface area (Å²) in [5.41, 5.74) is 1.84. The second-order valence-corrected chi connectivity index (χ2v) is 9.72. The number of carbonyl (C=O) groups is 2. The Hall–Kier alpha value is -2.35. The molecule has 2 aliphatic rings. The van der Waals surface area contributed by atoms with Gasteiger partial charge in [0.1, 0.15) is 17.5 Å². The van der Waals surface area contributed by atoms with E-state index in [1.165, 1.54) is 19.1 Å². The number of carbonyl (C=O) groups excluding carboxylic acids is 2. The maximum Gasteiger partial charge on any atom is 0.408 e. The van der Waals surface area contributed by atoms with E-state index in [9.17, 15) is 9.59 Å². The minimum Gasteiger partial charge on any atom is -0.467 e. The van der Waals surface area contributed by atoms with E-state index in [2.05, 4.69) is 22.8 Å². The first-order valence-corrected chi connectivity index (χ1v) is 11.6. The van der Waals surface area contributed by atoms with E-state index in [1.807, 2.05) is 0 Å². The molecule has 1 saturated carbocycles. The fraction of sp³-hybridized carbons (Fsp3) is 0.708. The molecular formula is C24H37N3O5. The molecule has 1 aromatic rings. The third kappa shape index (κ3) is 7.36. The van der Waals surface area contributed by atoms with Crippen LogP contribution in [0.3, 0.4) is 0 Å². The Bertz CT molecular complexity index is 786. The molecule has 178 valence electrons. The summed E-state index contributed by atoms with van der Waals surface area (Å²) in [6.07, 6.45) is 6.33. The van der Waals surface area contributed by atoms with Gasteiger partial charge in [-0.25, -0.2) is 14.6 Å². The highest BCUT2D eigenvalue weighted by atomic mass is 16.6. The molecule has 8 nitrogen and oxygen atoms in total. The van der Waals surface area contributed by atoms with Crippen LogP contribution in [0.5, 0.6) is 0 Å². The Morgan fingerprint density at radius 2 is 2.06 bits per heavy atom. The van der Waals surface area contributed by atoms with Gasteiger partial charge in [-0.3, -0.25) is 0 Å². The minimum absolute atomic E-state index is 0.206. The van der Waals surface area contributed by atoms with Gasteiger partial charge < -0.3 is 24.8 Å². The molecule has 32 heavy (non-hydrogen) atoms. The molecule has 8 heteroatoms. The second-order valence-electron chi connectivity index (χ2n) is 9.72. The van der Waals surface area contributed by atoms with Crippen LogP contribution in [-0.2, 0) is 31.8 Å². The van der Waals surface area contributed by atoms with E-state index in [4.69, 9.17) is 19.2 Å². The van der Waals surface area contributed by atoms with Crippen molar-refractivity contribution in [1.29, 1.82) is 0 Å². The average molecular weight is 448 g/mol. The van der Waals surface area contributed by atoms with E-state index >= 15 is 0 Å². The van der Waals surface area contributed by atoms with Crippen molar-refractivity contribution in [2.24, 2.45) is 5.92 Å². The van der Waals surface area contributed by atoms with Crippen molar-refractivity contribution in [3.8, 4) is 0 Å². The summed E-state index contributed by atoms with van der Waals surface area (Å²) in [5.74, 6) is 1.20. The van der Waals surface area contributed by atoms with Gasteiger partial charge in [-0.2, -0.15) is 0 Å². The Balaban J connectivity index is 1.33. The van der Waals surface area contributed by atoms with E-state index in [1.54, 1.807) is 20.8 Å². The van der Waals surface area contributed by atoms with E-state index in [0.29, 0.717) is 18.9 Å². The quantitative estimate of drug-likeness (QED) is 0.558. The largest absolute Gasteiger partial charge is 0.467 e.